The van der Waals surface area contributed by atoms with E-state index in [0.717, 1.165) is 12.0 Å². The fraction of sp³-hybridized carbons (Fsp3) is 0.467. The van der Waals surface area contributed by atoms with Gasteiger partial charge >= 0.3 is 5.97 Å². The zero-order valence-corrected chi connectivity index (χ0v) is 11.7. The molecular formula is C15H21NO3. The lowest BCUT2D eigenvalue weighted by Crippen LogP contribution is -2.40. The van der Waals surface area contributed by atoms with E-state index in [1.165, 1.54) is 0 Å². The summed E-state index contributed by atoms with van der Waals surface area (Å²) in [7, 11) is 0. The third kappa shape index (κ3) is 4.09. The van der Waals surface area contributed by atoms with Crippen molar-refractivity contribution in [1.82, 2.24) is 4.90 Å². The van der Waals surface area contributed by atoms with Gasteiger partial charge in [0.25, 0.3) is 5.91 Å². The molecule has 0 aliphatic heterocycles. The van der Waals surface area contributed by atoms with E-state index < -0.39 is 5.97 Å². The normalized spacial score (nSPS) is 11.9. The maximum atomic E-state index is 12.5. The first-order chi connectivity index (χ1) is 8.97. The van der Waals surface area contributed by atoms with Gasteiger partial charge in [0.1, 0.15) is 0 Å². The smallest absolute Gasteiger partial charge is 0.305 e. The molecule has 1 aromatic rings. The van der Waals surface area contributed by atoms with Crippen LogP contribution < -0.4 is 0 Å². The molecule has 104 valence electrons. The number of carboxylic acid groups (broad SMARTS) is 1. The number of hydrogen-bond donors (Lipinski definition) is 1. The van der Waals surface area contributed by atoms with Crippen LogP contribution >= 0.6 is 0 Å². The van der Waals surface area contributed by atoms with Gasteiger partial charge in [-0.25, -0.2) is 0 Å². The molecule has 0 saturated heterocycles. The van der Waals surface area contributed by atoms with Crippen molar-refractivity contribution in [2.45, 2.75) is 39.7 Å². The van der Waals surface area contributed by atoms with Crippen LogP contribution in [0.2, 0.25) is 0 Å². The first-order valence-corrected chi connectivity index (χ1v) is 6.55. The molecule has 0 heterocycles. The Kier molecular flexibility index (Phi) is 5.55. The summed E-state index contributed by atoms with van der Waals surface area (Å²) in [5, 5.41) is 8.79. The van der Waals surface area contributed by atoms with E-state index in [2.05, 4.69) is 0 Å². The second-order valence-electron chi connectivity index (χ2n) is 4.71. The number of carbonyl (C=O) groups is 2. The monoisotopic (exact) mass is 263 g/mol. The molecule has 1 unspecified atom stereocenters. The summed E-state index contributed by atoms with van der Waals surface area (Å²) in [5.41, 5.74) is 1.56. The molecule has 0 radical (unpaired) electrons. The van der Waals surface area contributed by atoms with Gasteiger partial charge in [0.15, 0.2) is 0 Å². The SMILES string of the molecule is CCC(C)N(CCC(=O)O)C(=O)c1ccccc1C. The first kappa shape index (κ1) is 15.2. The summed E-state index contributed by atoms with van der Waals surface area (Å²) in [5.74, 6) is -0.973. The van der Waals surface area contributed by atoms with E-state index in [1.54, 1.807) is 11.0 Å². The highest BCUT2D eigenvalue weighted by atomic mass is 16.4. The van der Waals surface area contributed by atoms with E-state index >= 15 is 0 Å². The first-order valence-electron chi connectivity index (χ1n) is 6.55. The second-order valence-corrected chi connectivity index (χ2v) is 4.71. The van der Waals surface area contributed by atoms with Gasteiger partial charge in [-0.1, -0.05) is 25.1 Å². The zero-order chi connectivity index (χ0) is 14.4. The quantitative estimate of drug-likeness (QED) is 0.858. The Balaban J connectivity index is 2.94. The van der Waals surface area contributed by atoms with Crippen LogP contribution in [0, 0.1) is 6.92 Å². The van der Waals surface area contributed by atoms with E-state index in [9.17, 15) is 9.59 Å². The molecule has 0 bridgehead atoms. The molecule has 19 heavy (non-hydrogen) atoms. The van der Waals surface area contributed by atoms with Gasteiger partial charge in [0, 0.05) is 18.2 Å². The molecule has 1 N–H and O–H groups in total. The lowest BCUT2D eigenvalue weighted by atomic mass is 10.1. The highest BCUT2D eigenvalue weighted by Crippen LogP contribution is 2.14. The van der Waals surface area contributed by atoms with E-state index in [-0.39, 0.29) is 24.9 Å². The Morgan fingerprint density at radius 1 is 1.32 bits per heavy atom. The lowest BCUT2D eigenvalue weighted by molar-refractivity contribution is -0.137. The minimum absolute atomic E-state index is 0.0258. The van der Waals surface area contributed by atoms with Crippen LogP contribution in [0.5, 0.6) is 0 Å². The molecule has 1 rings (SSSR count). The molecule has 0 saturated carbocycles. The Morgan fingerprint density at radius 3 is 2.47 bits per heavy atom. The van der Waals surface area contributed by atoms with Gasteiger partial charge in [-0.15, -0.1) is 0 Å². The summed E-state index contributed by atoms with van der Waals surface area (Å²) in [6, 6.07) is 7.42. The minimum atomic E-state index is -0.883. The minimum Gasteiger partial charge on any atom is -0.481 e. The molecule has 4 nitrogen and oxygen atoms in total. The molecule has 1 amide bonds. The summed E-state index contributed by atoms with van der Waals surface area (Å²) < 4.78 is 0. The fourth-order valence-corrected chi connectivity index (χ4v) is 1.93. The van der Waals surface area contributed by atoms with Gasteiger partial charge < -0.3 is 10.0 Å². The lowest BCUT2D eigenvalue weighted by Gasteiger charge is -2.28. The maximum absolute atomic E-state index is 12.5. The topological polar surface area (TPSA) is 57.6 Å². The third-order valence-electron chi connectivity index (χ3n) is 3.33. The summed E-state index contributed by atoms with van der Waals surface area (Å²) >= 11 is 0. The molecule has 1 aromatic carbocycles. The largest absolute Gasteiger partial charge is 0.481 e. The van der Waals surface area contributed by atoms with Crippen molar-refractivity contribution in [3.05, 3.63) is 35.4 Å². The molecule has 0 aliphatic rings. The number of aryl methyl sites for hydroxylation is 1. The van der Waals surface area contributed by atoms with Crippen LogP contribution in [0.25, 0.3) is 0 Å². The Labute approximate surface area is 114 Å². The van der Waals surface area contributed by atoms with Crippen molar-refractivity contribution in [1.29, 1.82) is 0 Å². The average Bonchev–Trinajstić information content (AvgIpc) is 2.38. The number of nitrogens with zero attached hydrogens (tertiary/aromatic N) is 1. The maximum Gasteiger partial charge on any atom is 0.305 e. The number of rotatable bonds is 6. The van der Waals surface area contributed by atoms with Crippen molar-refractivity contribution in [2.75, 3.05) is 6.54 Å². The van der Waals surface area contributed by atoms with Crippen LogP contribution in [0.3, 0.4) is 0 Å². The molecule has 4 heteroatoms. The van der Waals surface area contributed by atoms with Gasteiger partial charge in [-0.05, 0) is 31.9 Å². The Hall–Kier alpha value is -1.84. The standard InChI is InChI=1S/C15H21NO3/c1-4-12(3)16(10-9-14(17)18)15(19)13-8-6-5-7-11(13)2/h5-8,12H,4,9-10H2,1-3H3,(H,17,18). The number of benzene rings is 1. The second kappa shape index (κ2) is 6.92. The van der Waals surface area contributed by atoms with Gasteiger partial charge in [0.2, 0.25) is 0 Å². The van der Waals surface area contributed by atoms with Crippen molar-refractivity contribution < 1.29 is 14.7 Å². The highest BCUT2D eigenvalue weighted by Gasteiger charge is 2.22. The number of hydrogen-bond acceptors (Lipinski definition) is 2. The molecular weight excluding hydrogens is 242 g/mol. The number of carboxylic acids is 1. The molecule has 0 fully saturated rings. The molecule has 1 atom stereocenters. The number of carbonyl (C=O) groups excluding carboxylic acids is 1. The van der Waals surface area contributed by atoms with E-state index in [1.807, 2.05) is 39.0 Å². The predicted molar refractivity (Wildman–Crippen MR) is 74.2 cm³/mol. The van der Waals surface area contributed by atoms with Gasteiger partial charge in [-0.2, -0.15) is 0 Å². The molecule has 0 aliphatic carbocycles. The van der Waals surface area contributed by atoms with E-state index in [4.69, 9.17) is 5.11 Å². The van der Waals surface area contributed by atoms with Crippen molar-refractivity contribution in [3.8, 4) is 0 Å². The fourth-order valence-electron chi connectivity index (χ4n) is 1.93. The predicted octanol–water partition coefficient (Wildman–Crippen LogP) is 2.71. The Bertz CT molecular complexity index is 456. The van der Waals surface area contributed by atoms with Crippen molar-refractivity contribution in [3.63, 3.8) is 0 Å². The average molecular weight is 263 g/mol. The van der Waals surface area contributed by atoms with E-state index in [0.29, 0.717) is 5.56 Å². The highest BCUT2D eigenvalue weighted by molar-refractivity contribution is 5.96. The number of amides is 1. The van der Waals surface area contributed by atoms with Crippen LogP contribution in [0.15, 0.2) is 24.3 Å². The third-order valence-corrected chi connectivity index (χ3v) is 3.33. The van der Waals surface area contributed by atoms with Gasteiger partial charge in [0.05, 0.1) is 6.42 Å². The zero-order valence-electron chi connectivity index (χ0n) is 11.7. The van der Waals surface area contributed by atoms with Crippen LogP contribution in [-0.4, -0.2) is 34.5 Å². The summed E-state index contributed by atoms with van der Waals surface area (Å²) in [6.07, 6.45) is 0.777. The number of aliphatic carboxylic acids is 1. The summed E-state index contributed by atoms with van der Waals surface area (Å²) in [4.78, 5) is 24.9. The van der Waals surface area contributed by atoms with Crippen molar-refractivity contribution in [2.24, 2.45) is 0 Å². The van der Waals surface area contributed by atoms with Crippen LogP contribution in [0.4, 0.5) is 0 Å². The van der Waals surface area contributed by atoms with Crippen LogP contribution in [-0.2, 0) is 4.79 Å². The van der Waals surface area contributed by atoms with Crippen LogP contribution in [0.1, 0.15) is 42.6 Å². The summed E-state index contributed by atoms with van der Waals surface area (Å²) in [6.45, 7) is 6.07. The van der Waals surface area contributed by atoms with Crippen molar-refractivity contribution >= 4 is 11.9 Å². The Morgan fingerprint density at radius 2 is 1.95 bits per heavy atom. The molecule has 0 aromatic heterocycles. The van der Waals surface area contributed by atoms with Gasteiger partial charge in [-0.3, -0.25) is 9.59 Å². The molecule has 0 spiro atoms.